The first-order valence-corrected chi connectivity index (χ1v) is 8.38. The zero-order valence-electron chi connectivity index (χ0n) is 14.1. The van der Waals surface area contributed by atoms with Gasteiger partial charge in [-0.2, -0.15) is 0 Å². The molecule has 1 aliphatic heterocycles. The van der Waals surface area contributed by atoms with Crippen molar-refractivity contribution in [3.63, 3.8) is 0 Å². The van der Waals surface area contributed by atoms with Crippen molar-refractivity contribution >= 4 is 11.8 Å². The van der Waals surface area contributed by atoms with Crippen molar-refractivity contribution in [2.45, 2.75) is 19.8 Å². The quantitative estimate of drug-likeness (QED) is 0.782. The molecular formula is C18H27N3O2. The summed E-state index contributed by atoms with van der Waals surface area (Å²) in [6.45, 7) is 5.75. The van der Waals surface area contributed by atoms with Crippen LogP contribution in [0.1, 0.15) is 18.9 Å². The fourth-order valence-electron chi connectivity index (χ4n) is 2.75. The zero-order chi connectivity index (χ0) is 16.7. The molecule has 1 atom stereocenters. The van der Waals surface area contributed by atoms with Gasteiger partial charge in [0.05, 0.1) is 5.92 Å². The van der Waals surface area contributed by atoms with Gasteiger partial charge in [-0.3, -0.25) is 9.59 Å². The summed E-state index contributed by atoms with van der Waals surface area (Å²) >= 11 is 0. The maximum Gasteiger partial charge on any atom is 0.225 e. The molecule has 0 saturated carbocycles. The average Bonchev–Trinajstić information content (AvgIpc) is 2.94. The van der Waals surface area contributed by atoms with E-state index in [2.05, 4.69) is 29.3 Å². The van der Waals surface area contributed by atoms with Gasteiger partial charge in [0.1, 0.15) is 0 Å². The fourth-order valence-corrected chi connectivity index (χ4v) is 2.75. The number of benzene rings is 1. The number of likely N-dealkylation sites (N-methyl/N-ethyl adjacent to an activating group) is 1. The fraction of sp³-hybridized carbons (Fsp3) is 0.556. The molecule has 1 aromatic rings. The number of carbonyl (C=O) groups is 2. The molecule has 2 rings (SSSR count). The average molecular weight is 317 g/mol. The third kappa shape index (κ3) is 5.36. The molecule has 1 heterocycles. The van der Waals surface area contributed by atoms with E-state index in [4.69, 9.17) is 0 Å². The smallest absolute Gasteiger partial charge is 0.225 e. The third-order valence-corrected chi connectivity index (χ3v) is 4.43. The van der Waals surface area contributed by atoms with Gasteiger partial charge in [-0.25, -0.2) is 0 Å². The number of likely N-dealkylation sites (tertiary alicyclic amines) is 1. The molecule has 1 aromatic carbocycles. The number of hydrogen-bond acceptors (Lipinski definition) is 3. The minimum Gasteiger partial charge on any atom is -0.355 e. The lowest BCUT2D eigenvalue weighted by Gasteiger charge is -2.17. The van der Waals surface area contributed by atoms with Crippen molar-refractivity contribution in [2.24, 2.45) is 5.92 Å². The van der Waals surface area contributed by atoms with Gasteiger partial charge in [-0.15, -0.1) is 0 Å². The largest absolute Gasteiger partial charge is 0.355 e. The minimum absolute atomic E-state index is 0.00469. The standard InChI is InChI=1S/C18H27N3O2/c1-3-20(2)12-10-19-18(23)16-13-17(22)21(14-16)11-9-15-7-5-4-6-8-15/h4-8,16H,3,9-14H2,1-2H3,(H,19,23)/t16-/m0/s1. The SMILES string of the molecule is CCN(C)CCNC(=O)[C@H]1CC(=O)N(CCc2ccccc2)C1. The third-order valence-electron chi connectivity index (χ3n) is 4.43. The van der Waals surface area contributed by atoms with Gasteiger partial charge < -0.3 is 15.1 Å². The number of nitrogens with one attached hydrogen (secondary N) is 1. The second-order valence-electron chi connectivity index (χ2n) is 6.16. The van der Waals surface area contributed by atoms with Gasteiger partial charge in [0.15, 0.2) is 0 Å². The van der Waals surface area contributed by atoms with Crippen molar-refractivity contribution in [3.8, 4) is 0 Å². The first kappa shape index (κ1) is 17.5. The normalized spacial score (nSPS) is 17.8. The van der Waals surface area contributed by atoms with E-state index in [9.17, 15) is 9.59 Å². The summed E-state index contributed by atoms with van der Waals surface area (Å²) in [4.78, 5) is 28.2. The number of amides is 2. The van der Waals surface area contributed by atoms with E-state index in [1.165, 1.54) is 5.56 Å². The molecule has 0 aromatic heterocycles. The summed E-state index contributed by atoms with van der Waals surface area (Å²) in [6.07, 6.45) is 1.17. The lowest BCUT2D eigenvalue weighted by molar-refractivity contribution is -0.129. The summed E-state index contributed by atoms with van der Waals surface area (Å²) in [6, 6.07) is 10.1. The monoisotopic (exact) mass is 317 g/mol. The van der Waals surface area contributed by atoms with Crippen molar-refractivity contribution < 1.29 is 9.59 Å². The molecule has 126 valence electrons. The highest BCUT2D eigenvalue weighted by Gasteiger charge is 2.33. The van der Waals surface area contributed by atoms with Crippen LogP contribution in [0.15, 0.2) is 30.3 Å². The van der Waals surface area contributed by atoms with Crippen LogP contribution in [0.5, 0.6) is 0 Å². The molecule has 0 aliphatic carbocycles. The van der Waals surface area contributed by atoms with E-state index in [-0.39, 0.29) is 17.7 Å². The zero-order valence-corrected chi connectivity index (χ0v) is 14.1. The number of nitrogens with zero attached hydrogens (tertiary/aromatic N) is 2. The van der Waals surface area contributed by atoms with Crippen LogP contribution in [0.2, 0.25) is 0 Å². The van der Waals surface area contributed by atoms with Gasteiger partial charge in [0, 0.05) is 32.6 Å². The second-order valence-corrected chi connectivity index (χ2v) is 6.16. The van der Waals surface area contributed by atoms with E-state index in [0.29, 0.717) is 26.1 Å². The van der Waals surface area contributed by atoms with Gasteiger partial charge in [-0.1, -0.05) is 37.3 Å². The van der Waals surface area contributed by atoms with Crippen LogP contribution in [-0.4, -0.2) is 61.4 Å². The van der Waals surface area contributed by atoms with E-state index < -0.39 is 0 Å². The van der Waals surface area contributed by atoms with Gasteiger partial charge in [-0.05, 0) is 25.6 Å². The highest BCUT2D eigenvalue weighted by atomic mass is 16.2. The minimum atomic E-state index is -0.204. The lowest BCUT2D eigenvalue weighted by Crippen LogP contribution is -2.37. The van der Waals surface area contributed by atoms with Crippen LogP contribution < -0.4 is 5.32 Å². The Kier molecular flexibility index (Phi) is 6.59. The Morgan fingerprint density at radius 3 is 2.78 bits per heavy atom. The predicted molar refractivity (Wildman–Crippen MR) is 91.0 cm³/mol. The van der Waals surface area contributed by atoms with Gasteiger partial charge >= 0.3 is 0 Å². The van der Waals surface area contributed by atoms with Crippen molar-refractivity contribution in [1.29, 1.82) is 0 Å². The maximum atomic E-state index is 12.2. The van der Waals surface area contributed by atoms with Crippen LogP contribution in [0, 0.1) is 5.92 Å². The molecule has 0 spiro atoms. The lowest BCUT2D eigenvalue weighted by atomic mass is 10.1. The van der Waals surface area contributed by atoms with Crippen LogP contribution in [-0.2, 0) is 16.0 Å². The Hall–Kier alpha value is -1.88. The van der Waals surface area contributed by atoms with Crippen LogP contribution >= 0.6 is 0 Å². The molecule has 2 amide bonds. The molecule has 5 heteroatoms. The molecule has 0 unspecified atom stereocenters. The molecule has 23 heavy (non-hydrogen) atoms. The Morgan fingerprint density at radius 2 is 2.09 bits per heavy atom. The Labute approximate surface area is 138 Å². The molecule has 0 radical (unpaired) electrons. The predicted octanol–water partition coefficient (Wildman–Crippen LogP) is 1.15. The highest BCUT2D eigenvalue weighted by molar-refractivity contribution is 5.89. The molecule has 1 N–H and O–H groups in total. The molecule has 5 nitrogen and oxygen atoms in total. The summed E-state index contributed by atoms with van der Waals surface area (Å²) in [7, 11) is 2.02. The van der Waals surface area contributed by atoms with Gasteiger partial charge in [0.25, 0.3) is 0 Å². The van der Waals surface area contributed by atoms with Crippen LogP contribution in [0.4, 0.5) is 0 Å². The van der Waals surface area contributed by atoms with Crippen molar-refractivity contribution in [2.75, 3.05) is 39.8 Å². The molecule has 0 bridgehead atoms. The summed E-state index contributed by atoms with van der Waals surface area (Å²) < 4.78 is 0. The van der Waals surface area contributed by atoms with Gasteiger partial charge in [0.2, 0.25) is 11.8 Å². The Balaban J connectivity index is 1.74. The molecular weight excluding hydrogens is 290 g/mol. The highest BCUT2D eigenvalue weighted by Crippen LogP contribution is 2.18. The molecule has 1 fully saturated rings. The summed E-state index contributed by atoms with van der Waals surface area (Å²) in [5.41, 5.74) is 1.22. The van der Waals surface area contributed by atoms with E-state index in [1.54, 1.807) is 0 Å². The Bertz CT molecular complexity index is 518. The first-order valence-electron chi connectivity index (χ1n) is 8.38. The van der Waals surface area contributed by atoms with Crippen LogP contribution in [0.25, 0.3) is 0 Å². The van der Waals surface area contributed by atoms with E-state index >= 15 is 0 Å². The van der Waals surface area contributed by atoms with Crippen molar-refractivity contribution in [1.82, 2.24) is 15.1 Å². The van der Waals surface area contributed by atoms with E-state index in [0.717, 1.165) is 19.5 Å². The van der Waals surface area contributed by atoms with Crippen molar-refractivity contribution in [3.05, 3.63) is 35.9 Å². The topological polar surface area (TPSA) is 52.7 Å². The maximum absolute atomic E-state index is 12.2. The molecule has 1 saturated heterocycles. The molecule has 1 aliphatic rings. The summed E-state index contributed by atoms with van der Waals surface area (Å²) in [5, 5.41) is 2.95. The Morgan fingerprint density at radius 1 is 1.35 bits per heavy atom. The first-order chi connectivity index (χ1) is 11.1. The van der Waals surface area contributed by atoms with E-state index in [1.807, 2.05) is 30.1 Å². The summed E-state index contributed by atoms with van der Waals surface area (Å²) in [5.74, 6) is -0.109. The number of carbonyl (C=O) groups excluding carboxylic acids is 2. The number of hydrogen-bond donors (Lipinski definition) is 1. The second kappa shape index (κ2) is 8.67. The number of rotatable bonds is 8. The van der Waals surface area contributed by atoms with Crippen LogP contribution in [0.3, 0.4) is 0 Å².